The minimum absolute atomic E-state index is 0.163. The molecule has 13 heavy (non-hydrogen) atoms. The third kappa shape index (κ3) is 2.38. The highest BCUT2D eigenvalue weighted by Crippen LogP contribution is 2.15. The second kappa shape index (κ2) is 4.37. The molecule has 1 N–H and O–H groups in total. The van der Waals surface area contributed by atoms with Gasteiger partial charge in [0.25, 0.3) is 0 Å². The van der Waals surface area contributed by atoms with E-state index in [4.69, 9.17) is 5.11 Å². The van der Waals surface area contributed by atoms with Crippen molar-refractivity contribution in [3.8, 4) is 5.75 Å². The van der Waals surface area contributed by atoms with Gasteiger partial charge in [0.05, 0.1) is 5.56 Å². The van der Waals surface area contributed by atoms with Gasteiger partial charge in [0, 0.05) is 0 Å². The van der Waals surface area contributed by atoms with E-state index >= 15 is 0 Å². The minimum atomic E-state index is -0.783. The molecule has 0 aromatic heterocycles. The molecule has 0 saturated carbocycles. The first-order chi connectivity index (χ1) is 6.27. The fraction of sp³-hybridized carbons (Fsp3) is 0.111. The van der Waals surface area contributed by atoms with E-state index < -0.39 is 12.6 Å². The van der Waals surface area contributed by atoms with Crippen LogP contribution < -0.4 is 4.74 Å². The molecule has 0 unspecified atom stereocenters. The molecule has 0 atom stereocenters. The summed E-state index contributed by atoms with van der Waals surface area (Å²) in [5, 5.41) is 8.40. The number of aliphatic hydroxyl groups excluding tert-OH is 1. The SMILES string of the molecule is O=Cc1ccccc1OC(=O)CO. The lowest BCUT2D eigenvalue weighted by Crippen LogP contribution is -2.13. The standard InChI is InChI=1S/C9H8O4/c10-5-7-3-1-2-4-8(7)13-9(12)6-11/h1-5,11H,6H2. The monoisotopic (exact) mass is 180 g/mol. The van der Waals surface area contributed by atoms with Crippen LogP contribution in [0.1, 0.15) is 10.4 Å². The highest BCUT2D eigenvalue weighted by molar-refractivity contribution is 5.82. The van der Waals surface area contributed by atoms with Crippen LogP contribution in [-0.2, 0) is 4.79 Å². The van der Waals surface area contributed by atoms with Crippen LogP contribution in [0.4, 0.5) is 0 Å². The van der Waals surface area contributed by atoms with E-state index in [2.05, 4.69) is 4.74 Å². The van der Waals surface area contributed by atoms with Gasteiger partial charge >= 0.3 is 5.97 Å². The number of para-hydroxylation sites is 1. The summed E-state index contributed by atoms with van der Waals surface area (Å²) in [5.41, 5.74) is 0.282. The zero-order valence-corrected chi connectivity index (χ0v) is 6.77. The zero-order valence-electron chi connectivity index (χ0n) is 6.77. The van der Waals surface area contributed by atoms with Gasteiger partial charge in [-0.15, -0.1) is 0 Å². The Bertz CT molecular complexity index is 319. The summed E-state index contributed by atoms with van der Waals surface area (Å²) in [4.78, 5) is 21.1. The van der Waals surface area contributed by atoms with Gasteiger partial charge in [0.1, 0.15) is 12.4 Å². The van der Waals surface area contributed by atoms with Crippen LogP contribution in [0.15, 0.2) is 24.3 Å². The molecule has 1 aromatic carbocycles. The fourth-order valence-corrected chi connectivity index (χ4v) is 0.826. The minimum Gasteiger partial charge on any atom is -0.424 e. The maximum absolute atomic E-state index is 10.7. The summed E-state index contributed by atoms with van der Waals surface area (Å²) in [6.45, 7) is -0.701. The lowest BCUT2D eigenvalue weighted by atomic mass is 10.2. The Hall–Kier alpha value is -1.68. The highest BCUT2D eigenvalue weighted by atomic mass is 16.5. The number of ether oxygens (including phenoxy) is 1. The van der Waals surface area contributed by atoms with Crippen LogP contribution in [0.25, 0.3) is 0 Å². The van der Waals surface area contributed by atoms with E-state index in [1.54, 1.807) is 12.1 Å². The Morgan fingerprint density at radius 3 is 2.77 bits per heavy atom. The summed E-state index contributed by atoms with van der Waals surface area (Å²) in [5.74, 6) is -0.620. The number of hydrogen-bond acceptors (Lipinski definition) is 4. The van der Waals surface area contributed by atoms with E-state index in [1.807, 2.05) is 0 Å². The molecule has 0 amide bonds. The molecular formula is C9H8O4. The van der Waals surface area contributed by atoms with Crippen molar-refractivity contribution in [1.29, 1.82) is 0 Å². The van der Waals surface area contributed by atoms with E-state index in [0.717, 1.165) is 0 Å². The van der Waals surface area contributed by atoms with Gasteiger partial charge in [0.2, 0.25) is 0 Å². The Balaban J connectivity index is 2.87. The van der Waals surface area contributed by atoms with Crippen LogP contribution in [0.5, 0.6) is 5.75 Å². The molecular weight excluding hydrogens is 172 g/mol. The number of esters is 1. The highest BCUT2D eigenvalue weighted by Gasteiger charge is 2.06. The Labute approximate surface area is 74.8 Å². The summed E-state index contributed by atoms with van der Waals surface area (Å²) < 4.78 is 4.67. The third-order valence-corrected chi connectivity index (χ3v) is 1.40. The van der Waals surface area contributed by atoms with Gasteiger partial charge in [-0.2, -0.15) is 0 Å². The lowest BCUT2D eigenvalue weighted by Gasteiger charge is -2.03. The van der Waals surface area contributed by atoms with Crippen LogP contribution in [0.3, 0.4) is 0 Å². The summed E-state index contributed by atoms with van der Waals surface area (Å²) in [6.07, 6.45) is 0.583. The first-order valence-corrected chi connectivity index (χ1v) is 3.63. The smallest absolute Gasteiger partial charge is 0.337 e. The Morgan fingerprint density at radius 2 is 2.15 bits per heavy atom. The first kappa shape index (κ1) is 9.41. The molecule has 0 bridgehead atoms. The van der Waals surface area contributed by atoms with Gasteiger partial charge in [-0.05, 0) is 12.1 Å². The average molecular weight is 180 g/mol. The summed E-state index contributed by atoms with van der Waals surface area (Å²) in [6, 6.07) is 6.29. The van der Waals surface area contributed by atoms with E-state index in [9.17, 15) is 9.59 Å². The Kier molecular flexibility index (Phi) is 3.16. The lowest BCUT2D eigenvalue weighted by molar-refractivity contribution is -0.137. The van der Waals surface area contributed by atoms with Gasteiger partial charge < -0.3 is 9.84 Å². The van der Waals surface area contributed by atoms with E-state index in [0.29, 0.717) is 6.29 Å². The zero-order chi connectivity index (χ0) is 9.68. The van der Waals surface area contributed by atoms with Gasteiger partial charge in [-0.1, -0.05) is 12.1 Å². The van der Waals surface area contributed by atoms with Gasteiger partial charge in [-0.25, -0.2) is 4.79 Å². The van der Waals surface area contributed by atoms with Crippen LogP contribution >= 0.6 is 0 Å². The fourth-order valence-electron chi connectivity index (χ4n) is 0.826. The van der Waals surface area contributed by atoms with Crippen molar-refractivity contribution in [3.05, 3.63) is 29.8 Å². The molecule has 1 rings (SSSR count). The molecule has 0 radical (unpaired) electrons. The van der Waals surface area contributed by atoms with Gasteiger partial charge in [0.15, 0.2) is 6.29 Å². The average Bonchev–Trinajstić information content (AvgIpc) is 2.18. The molecule has 0 spiro atoms. The number of benzene rings is 1. The third-order valence-electron chi connectivity index (χ3n) is 1.40. The molecule has 0 fully saturated rings. The molecule has 0 aliphatic heterocycles. The van der Waals surface area contributed by atoms with Crippen molar-refractivity contribution in [1.82, 2.24) is 0 Å². The van der Waals surface area contributed by atoms with Gasteiger partial charge in [-0.3, -0.25) is 4.79 Å². The first-order valence-electron chi connectivity index (χ1n) is 3.63. The number of carbonyl (C=O) groups excluding carboxylic acids is 2. The molecule has 4 heteroatoms. The van der Waals surface area contributed by atoms with Crippen molar-refractivity contribution in [2.75, 3.05) is 6.61 Å². The number of hydrogen-bond donors (Lipinski definition) is 1. The molecule has 0 saturated heterocycles. The van der Waals surface area contributed by atoms with Crippen LogP contribution in [0, 0.1) is 0 Å². The molecule has 0 aliphatic rings. The number of aldehydes is 1. The van der Waals surface area contributed by atoms with Crippen LogP contribution in [-0.4, -0.2) is 24.0 Å². The summed E-state index contributed by atoms with van der Waals surface area (Å²) in [7, 11) is 0. The van der Waals surface area contributed by atoms with Crippen LogP contribution in [0.2, 0.25) is 0 Å². The van der Waals surface area contributed by atoms with Crippen molar-refractivity contribution >= 4 is 12.3 Å². The van der Waals surface area contributed by atoms with E-state index in [1.165, 1.54) is 12.1 Å². The molecule has 68 valence electrons. The maximum atomic E-state index is 10.7. The topological polar surface area (TPSA) is 63.6 Å². The van der Waals surface area contributed by atoms with Crippen molar-refractivity contribution in [2.45, 2.75) is 0 Å². The Morgan fingerprint density at radius 1 is 1.46 bits per heavy atom. The predicted molar refractivity (Wildman–Crippen MR) is 44.6 cm³/mol. The van der Waals surface area contributed by atoms with E-state index in [-0.39, 0.29) is 11.3 Å². The van der Waals surface area contributed by atoms with Crippen molar-refractivity contribution in [3.63, 3.8) is 0 Å². The second-order valence-corrected chi connectivity index (χ2v) is 2.29. The normalized spacial score (nSPS) is 9.31. The number of carbonyl (C=O) groups is 2. The second-order valence-electron chi connectivity index (χ2n) is 2.29. The molecule has 4 nitrogen and oxygen atoms in total. The largest absolute Gasteiger partial charge is 0.424 e. The maximum Gasteiger partial charge on any atom is 0.337 e. The summed E-state index contributed by atoms with van der Waals surface area (Å²) >= 11 is 0. The molecule has 1 aromatic rings. The van der Waals surface area contributed by atoms with Crippen molar-refractivity contribution < 1.29 is 19.4 Å². The predicted octanol–water partition coefficient (Wildman–Crippen LogP) is 0.397. The number of rotatable bonds is 3. The molecule has 0 aliphatic carbocycles. The van der Waals surface area contributed by atoms with Crippen molar-refractivity contribution in [2.24, 2.45) is 0 Å². The molecule has 0 heterocycles. The quantitative estimate of drug-likeness (QED) is 0.415. The number of aliphatic hydroxyl groups is 1.